The van der Waals surface area contributed by atoms with Crippen LogP contribution in [0.4, 0.5) is 0 Å². The smallest absolute Gasteiger partial charge is 0.0643 e. The van der Waals surface area contributed by atoms with E-state index in [1.54, 1.807) is 0 Å². The van der Waals surface area contributed by atoms with Crippen molar-refractivity contribution in [1.82, 2.24) is 10.2 Å². The third kappa shape index (κ3) is 2.52. The van der Waals surface area contributed by atoms with Crippen LogP contribution in [0.15, 0.2) is 0 Å². The summed E-state index contributed by atoms with van der Waals surface area (Å²) in [4.78, 5) is 2.43. The van der Waals surface area contributed by atoms with Gasteiger partial charge in [-0.1, -0.05) is 19.3 Å². The minimum Gasteiger partial charge on any atom is -0.378 e. The molecule has 1 saturated carbocycles. The van der Waals surface area contributed by atoms with Crippen LogP contribution < -0.4 is 5.32 Å². The lowest BCUT2D eigenvalue weighted by Gasteiger charge is -2.44. The highest BCUT2D eigenvalue weighted by Crippen LogP contribution is 2.31. The fraction of sp³-hybridized carbons (Fsp3) is 1.00. The van der Waals surface area contributed by atoms with Gasteiger partial charge in [-0.3, -0.25) is 0 Å². The molecule has 2 rings (SSSR count). The summed E-state index contributed by atoms with van der Waals surface area (Å²) in [5.74, 6) is 0. The van der Waals surface area contributed by atoms with Crippen molar-refractivity contribution in [3.63, 3.8) is 0 Å². The zero-order valence-electron chi connectivity index (χ0n) is 10.1. The second kappa shape index (κ2) is 4.81. The Labute approximate surface area is 93.2 Å². The van der Waals surface area contributed by atoms with Gasteiger partial charge in [0.05, 0.1) is 19.3 Å². The van der Waals surface area contributed by atoms with Crippen molar-refractivity contribution in [3.05, 3.63) is 0 Å². The summed E-state index contributed by atoms with van der Waals surface area (Å²) in [5, 5.41) is 3.64. The molecule has 1 saturated heterocycles. The number of hydrogen-bond donors (Lipinski definition) is 1. The lowest BCUT2D eigenvalue weighted by Crippen LogP contribution is -2.57. The van der Waals surface area contributed by atoms with E-state index in [9.17, 15) is 0 Å². The number of nitrogens with zero attached hydrogens (tertiary/aromatic N) is 1. The largest absolute Gasteiger partial charge is 0.378 e. The van der Waals surface area contributed by atoms with Crippen LogP contribution >= 0.6 is 0 Å². The first-order chi connectivity index (χ1) is 7.23. The Bertz CT molecular complexity index is 196. The first-order valence-corrected chi connectivity index (χ1v) is 6.21. The van der Waals surface area contributed by atoms with Gasteiger partial charge in [-0.2, -0.15) is 0 Å². The number of ether oxygens (including phenoxy) is 1. The van der Waals surface area contributed by atoms with Crippen LogP contribution in [0.3, 0.4) is 0 Å². The second-order valence-electron chi connectivity index (χ2n) is 5.29. The molecule has 1 N–H and O–H groups in total. The Balaban J connectivity index is 1.86. The van der Waals surface area contributed by atoms with Crippen LogP contribution in [0.1, 0.15) is 32.1 Å². The van der Waals surface area contributed by atoms with Gasteiger partial charge in [-0.25, -0.2) is 0 Å². The van der Waals surface area contributed by atoms with E-state index in [0.717, 1.165) is 19.8 Å². The van der Waals surface area contributed by atoms with Gasteiger partial charge in [0.2, 0.25) is 0 Å². The topological polar surface area (TPSA) is 24.5 Å². The Kier molecular flexibility index (Phi) is 3.65. The van der Waals surface area contributed by atoms with Crippen LogP contribution in [0, 0.1) is 0 Å². The molecule has 0 bridgehead atoms. The van der Waals surface area contributed by atoms with Crippen LogP contribution in [-0.4, -0.2) is 50.3 Å². The summed E-state index contributed by atoms with van der Waals surface area (Å²) in [6, 6.07) is 0.615. The maximum atomic E-state index is 5.19. The Morgan fingerprint density at radius 1 is 1.20 bits per heavy atom. The maximum absolute atomic E-state index is 5.19. The molecule has 0 atom stereocenters. The predicted molar refractivity (Wildman–Crippen MR) is 62.1 cm³/mol. The molecule has 2 fully saturated rings. The highest BCUT2D eigenvalue weighted by molar-refractivity contribution is 4.94. The van der Waals surface area contributed by atoms with Crippen LogP contribution in [0.5, 0.6) is 0 Å². The summed E-state index contributed by atoms with van der Waals surface area (Å²) in [6.45, 7) is 2.95. The van der Waals surface area contributed by atoms with Gasteiger partial charge < -0.3 is 15.0 Å². The maximum Gasteiger partial charge on any atom is 0.0643 e. The van der Waals surface area contributed by atoms with Crippen molar-refractivity contribution in [2.24, 2.45) is 0 Å². The lowest BCUT2D eigenvalue weighted by molar-refractivity contribution is -0.0147. The molecule has 3 heteroatoms. The molecular weight excluding hydrogens is 188 g/mol. The highest BCUT2D eigenvalue weighted by atomic mass is 16.5. The SMILES string of the molecule is CN(C)C1(CNC2COC2)CCCCC1. The lowest BCUT2D eigenvalue weighted by atomic mass is 9.80. The zero-order valence-corrected chi connectivity index (χ0v) is 10.1. The fourth-order valence-electron chi connectivity index (χ4n) is 2.68. The van der Waals surface area contributed by atoms with E-state index in [1.165, 1.54) is 32.1 Å². The minimum absolute atomic E-state index is 0.411. The van der Waals surface area contributed by atoms with E-state index in [2.05, 4.69) is 24.3 Å². The molecule has 0 aromatic rings. The summed E-state index contributed by atoms with van der Waals surface area (Å²) < 4.78 is 5.19. The summed E-state index contributed by atoms with van der Waals surface area (Å²) in [7, 11) is 4.45. The summed E-state index contributed by atoms with van der Waals surface area (Å²) in [6.07, 6.45) is 6.89. The van der Waals surface area contributed by atoms with E-state index >= 15 is 0 Å². The number of rotatable bonds is 4. The third-order valence-electron chi connectivity index (χ3n) is 4.09. The average molecular weight is 212 g/mol. The molecule has 88 valence electrons. The monoisotopic (exact) mass is 212 g/mol. The van der Waals surface area contributed by atoms with Crippen molar-refractivity contribution >= 4 is 0 Å². The van der Waals surface area contributed by atoms with E-state index in [4.69, 9.17) is 4.74 Å². The predicted octanol–water partition coefficient (Wildman–Crippen LogP) is 1.24. The first-order valence-electron chi connectivity index (χ1n) is 6.21. The Hall–Kier alpha value is -0.120. The molecule has 0 amide bonds. The van der Waals surface area contributed by atoms with E-state index in [1.807, 2.05) is 0 Å². The standard InChI is InChI=1S/C12H24N2O/c1-14(2)12(6-4-3-5-7-12)10-13-11-8-15-9-11/h11,13H,3-10H2,1-2H3. The minimum atomic E-state index is 0.411. The second-order valence-corrected chi connectivity index (χ2v) is 5.29. The van der Waals surface area contributed by atoms with Crippen molar-refractivity contribution in [1.29, 1.82) is 0 Å². The van der Waals surface area contributed by atoms with Crippen molar-refractivity contribution < 1.29 is 4.74 Å². The summed E-state index contributed by atoms with van der Waals surface area (Å²) in [5.41, 5.74) is 0.411. The van der Waals surface area contributed by atoms with Crippen LogP contribution in [0.2, 0.25) is 0 Å². The van der Waals surface area contributed by atoms with E-state index in [0.29, 0.717) is 11.6 Å². The van der Waals surface area contributed by atoms with Gasteiger partial charge in [-0.15, -0.1) is 0 Å². The van der Waals surface area contributed by atoms with Gasteiger partial charge in [0.25, 0.3) is 0 Å². The van der Waals surface area contributed by atoms with Gasteiger partial charge in [-0.05, 0) is 26.9 Å². The molecule has 1 aliphatic carbocycles. The molecule has 0 radical (unpaired) electrons. The Morgan fingerprint density at radius 3 is 2.33 bits per heavy atom. The fourth-order valence-corrected chi connectivity index (χ4v) is 2.68. The molecule has 15 heavy (non-hydrogen) atoms. The number of hydrogen-bond acceptors (Lipinski definition) is 3. The van der Waals surface area contributed by atoms with Gasteiger partial charge in [0.1, 0.15) is 0 Å². The third-order valence-corrected chi connectivity index (χ3v) is 4.09. The Morgan fingerprint density at radius 2 is 1.87 bits per heavy atom. The van der Waals surface area contributed by atoms with Gasteiger partial charge in [0, 0.05) is 12.1 Å². The van der Waals surface area contributed by atoms with Crippen molar-refractivity contribution in [2.75, 3.05) is 33.9 Å². The molecule has 0 spiro atoms. The van der Waals surface area contributed by atoms with Crippen molar-refractivity contribution in [3.8, 4) is 0 Å². The van der Waals surface area contributed by atoms with E-state index in [-0.39, 0.29) is 0 Å². The number of likely N-dealkylation sites (N-methyl/N-ethyl adjacent to an activating group) is 1. The molecule has 1 aliphatic heterocycles. The average Bonchev–Trinajstić information content (AvgIpc) is 2.16. The normalized spacial score (nSPS) is 26.6. The highest BCUT2D eigenvalue weighted by Gasteiger charge is 2.35. The first kappa shape index (κ1) is 11.4. The van der Waals surface area contributed by atoms with Gasteiger partial charge >= 0.3 is 0 Å². The molecule has 0 aromatic heterocycles. The van der Waals surface area contributed by atoms with Gasteiger partial charge in [0.15, 0.2) is 0 Å². The zero-order chi connectivity index (χ0) is 10.7. The molecule has 1 heterocycles. The number of nitrogens with one attached hydrogen (secondary N) is 1. The van der Waals surface area contributed by atoms with Crippen LogP contribution in [0.25, 0.3) is 0 Å². The molecule has 2 aliphatic rings. The molecule has 0 unspecified atom stereocenters. The molecule has 3 nitrogen and oxygen atoms in total. The quantitative estimate of drug-likeness (QED) is 0.759. The summed E-state index contributed by atoms with van der Waals surface area (Å²) >= 11 is 0. The molecule has 0 aromatic carbocycles. The van der Waals surface area contributed by atoms with Crippen molar-refractivity contribution in [2.45, 2.75) is 43.7 Å². The molecular formula is C12H24N2O. The van der Waals surface area contributed by atoms with Crippen LogP contribution in [-0.2, 0) is 4.74 Å². The van der Waals surface area contributed by atoms with E-state index < -0.39 is 0 Å².